The summed E-state index contributed by atoms with van der Waals surface area (Å²) in [5.74, 6) is -0.690. The first kappa shape index (κ1) is 21.4. The first-order valence-electron chi connectivity index (χ1n) is 11.5. The Bertz CT molecular complexity index is 1120. The van der Waals surface area contributed by atoms with Gasteiger partial charge in [-0.25, -0.2) is 9.59 Å². The molecule has 3 aromatic rings. The first-order valence-corrected chi connectivity index (χ1v) is 11.5. The Kier molecular flexibility index (Phi) is 5.32. The van der Waals surface area contributed by atoms with Crippen molar-refractivity contribution in [1.29, 1.82) is 0 Å². The lowest BCUT2D eigenvalue weighted by Crippen LogP contribution is -2.39. The summed E-state index contributed by atoms with van der Waals surface area (Å²) in [5, 5.41) is 0. The van der Waals surface area contributed by atoms with Crippen LogP contribution in [0.5, 0.6) is 0 Å². The monoisotopic (exact) mass is 440 g/mol. The standard InChI is InChI=1S/C29H28O4/c1-16-9-17(2)12-20(11-16)28(30)32-26-24-15-25(23-8-6-5-7-22(23)24)27(26)33-29(31)21-13-18(3)10-19(4)14-21/h5-14,24-27H,15H2,1-4H3. The van der Waals surface area contributed by atoms with E-state index in [2.05, 4.69) is 12.1 Å². The lowest BCUT2D eigenvalue weighted by atomic mass is 9.87. The fourth-order valence-electron chi connectivity index (χ4n) is 5.66. The highest BCUT2D eigenvalue weighted by Gasteiger charge is 2.55. The Morgan fingerprint density at radius 1 is 0.636 bits per heavy atom. The molecular formula is C29H28O4. The Morgan fingerprint density at radius 3 is 1.36 bits per heavy atom. The van der Waals surface area contributed by atoms with E-state index >= 15 is 0 Å². The number of ether oxygens (including phenoxy) is 2. The Hall–Kier alpha value is -3.40. The topological polar surface area (TPSA) is 52.6 Å². The van der Waals surface area contributed by atoms with Gasteiger partial charge in [0.15, 0.2) is 0 Å². The maximum Gasteiger partial charge on any atom is 0.338 e. The molecule has 1 fully saturated rings. The van der Waals surface area contributed by atoms with E-state index in [0.717, 1.165) is 28.7 Å². The van der Waals surface area contributed by atoms with E-state index < -0.39 is 12.2 Å². The number of benzene rings is 3. The van der Waals surface area contributed by atoms with Gasteiger partial charge in [-0.05, 0) is 69.5 Å². The van der Waals surface area contributed by atoms with Crippen molar-refractivity contribution in [3.8, 4) is 0 Å². The third kappa shape index (κ3) is 3.95. The second kappa shape index (κ2) is 8.18. The third-order valence-electron chi connectivity index (χ3n) is 6.82. The molecule has 2 aliphatic carbocycles. The summed E-state index contributed by atoms with van der Waals surface area (Å²) >= 11 is 0. The highest BCUT2D eigenvalue weighted by molar-refractivity contribution is 5.91. The van der Waals surface area contributed by atoms with Crippen LogP contribution in [0.25, 0.3) is 0 Å². The molecule has 168 valence electrons. The molecule has 4 unspecified atom stereocenters. The van der Waals surface area contributed by atoms with E-state index in [1.165, 1.54) is 11.1 Å². The quantitative estimate of drug-likeness (QED) is 0.470. The van der Waals surface area contributed by atoms with Crippen LogP contribution in [0.1, 0.15) is 72.4 Å². The summed E-state index contributed by atoms with van der Waals surface area (Å²) in [6, 6.07) is 19.6. The van der Waals surface area contributed by atoms with Crippen LogP contribution >= 0.6 is 0 Å². The summed E-state index contributed by atoms with van der Waals surface area (Å²) in [4.78, 5) is 26.2. The minimum absolute atomic E-state index is 0.0260. The van der Waals surface area contributed by atoms with Crippen LogP contribution < -0.4 is 0 Å². The molecule has 0 radical (unpaired) electrons. The normalized spacial score (nSPS) is 22.7. The van der Waals surface area contributed by atoms with E-state index in [1.54, 1.807) is 0 Å². The third-order valence-corrected chi connectivity index (χ3v) is 6.82. The van der Waals surface area contributed by atoms with Gasteiger partial charge in [0.05, 0.1) is 11.1 Å². The molecule has 0 aromatic heterocycles. The Labute approximate surface area is 194 Å². The summed E-state index contributed by atoms with van der Waals surface area (Å²) < 4.78 is 12.2. The number of carbonyl (C=O) groups excluding carboxylic acids is 2. The van der Waals surface area contributed by atoms with Crippen LogP contribution in [-0.4, -0.2) is 24.1 Å². The molecule has 3 aromatic carbocycles. The van der Waals surface area contributed by atoms with Gasteiger partial charge in [0.1, 0.15) is 12.2 Å². The second-order valence-electron chi connectivity index (χ2n) is 9.57. The molecular weight excluding hydrogens is 412 g/mol. The molecule has 0 N–H and O–H groups in total. The van der Waals surface area contributed by atoms with Crippen LogP contribution in [-0.2, 0) is 9.47 Å². The van der Waals surface area contributed by atoms with Crippen molar-refractivity contribution in [2.75, 3.05) is 0 Å². The molecule has 4 heteroatoms. The number of aryl methyl sites for hydroxylation is 4. The molecule has 4 atom stereocenters. The second-order valence-corrected chi connectivity index (χ2v) is 9.57. The van der Waals surface area contributed by atoms with Crippen molar-refractivity contribution in [2.24, 2.45) is 0 Å². The van der Waals surface area contributed by atoms with Crippen LogP contribution in [0.15, 0.2) is 60.7 Å². The van der Waals surface area contributed by atoms with Crippen molar-refractivity contribution >= 4 is 11.9 Å². The zero-order chi connectivity index (χ0) is 23.3. The van der Waals surface area contributed by atoms with Gasteiger partial charge in [0.25, 0.3) is 0 Å². The van der Waals surface area contributed by atoms with Crippen molar-refractivity contribution in [3.05, 3.63) is 105 Å². The van der Waals surface area contributed by atoms with Gasteiger partial charge in [-0.2, -0.15) is 0 Å². The van der Waals surface area contributed by atoms with Gasteiger partial charge in [-0.15, -0.1) is 0 Å². The highest BCUT2D eigenvalue weighted by atomic mass is 16.6. The van der Waals surface area contributed by atoms with E-state index in [-0.39, 0.29) is 23.8 Å². The number of esters is 2. The molecule has 2 aliphatic rings. The highest BCUT2D eigenvalue weighted by Crippen LogP contribution is 2.55. The molecule has 0 aliphatic heterocycles. The van der Waals surface area contributed by atoms with Crippen molar-refractivity contribution in [2.45, 2.75) is 58.2 Å². The zero-order valence-corrected chi connectivity index (χ0v) is 19.4. The van der Waals surface area contributed by atoms with Gasteiger partial charge in [-0.1, -0.05) is 58.7 Å². The van der Waals surface area contributed by atoms with Crippen molar-refractivity contribution in [3.63, 3.8) is 0 Å². The fourth-order valence-corrected chi connectivity index (χ4v) is 5.66. The number of hydrogen-bond acceptors (Lipinski definition) is 4. The van der Waals surface area contributed by atoms with Gasteiger partial charge >= 0.3 is 11.9 Å². The minimum atomic E-state index is -0.506. The van der Waals surface area contributed by atoms with Gasteiger partial charge < -0.3 is 9.47 Å². The molecule has 33 heavy (non-hydrogen) atoms. The van der Waals surface area contributed by atoms with Crippen LogP contribution in [0, 0.1) is 27.7 Å². The smallest absolute Gasteiger partial charge is 0.338 e. The molecule has 0 saturated heterocycles. The predicted octanol–water partition coefficient (Wildman–Crippen LogP) is 5.96. The molecule has 4 nitrogen and oxygen atoms in total. The lowest BCUT2D eigenvalue weighted by Gasteiger charge is -2.32. The van der Waals surface area contributed by atoms with E-state index in [4.69, 9.17) is 9.47 Å². The van der Waals surface area contributed by atoms with Crippen LogP contribution in [0.4, 0.5) is 0 Å². The van der Waals surface area contributed by atoms with Crippen molar-refractivity contribution < 1.29 is 19.1 Å². The molecule has 0 heterocycles. The van der Waals surface area contributed by atoms with E-state index in [9.17, 15) is 9.59 Å². The number of hydrogen-bond donors (Lipinski definition) is 0. The minimum Gasteiger partial charge on any atom is -0.454 e. The number of carbonyl (C=O) groups is 2. The van der Waals surface area contributed by atoms with Crippen LogP contribution in [0.2, 0.25) is 0 Å². The van der Waals surface area contributed by atoms with Crippen molar-refractivity contribution in [1.82, 2.24) is 0 Å². The maximum absolute atomic E-state index is 13.1. The summed E-state index contributed by atoms with van der Waals surface area (Å²) in [5.41, 5.74) is 7.50. The molecule has 1 saturated carbocycles. The maximum atomic E-state index is 13.1. The summed E-state index contributed by atoms with van der Waals surface area (Å²) in [7, 11) is 0. The average molecular weight is 441 g/mol. The SMILES string of the molecule is Cc1cc(C)cc(C(=O)OC2C3CC(c4ccccc43)C2OC(=O)c2cc(C)cc(C)c2)c1. The summed E-state index contributed by atoms with van der Waals surface area (Å²) in [6.07, 6.45) is -0.198. The zero-order valence-electron chi connectivity index (χ0n) is 19.4. The molecule has 0 spiro atoms. The van der Waals surface area contributed by atoms with Gasteiger partial charge in [-0.3, -0.25) is 0 Å². The number of fused-ring (bicyclic) bond motifs is 5. The average Bonchev–Trinajstić information content (AvgIpc) is 3.29. The largest absolute Gasteiger partial charge is 0.454 e. The lowest BCUT2D eigenvalue weighted by molar-refractivity contribution is -0.0348. The molecule has 2 bridgehead atoms. The summed E-state index contributed by atoms with van der Waals surface area (Å²) in [6.45, 7) is 7.86. The Balaban J connectivity index is 1.45. The molecule has 0 amide bonds. The fraction of sp³-hybridized carbons (Fsp3) is 0.310. The van der Waals surface area contributed by atoms with Crippen LogP contribution in [0.3, 0.4) is 0 Å². The first-order chi connectivity index (χ1) is 15.8. The van der Waals surface area contributed by atoms with Gasteiger partial charge in [0, 0.05) is 11.8 Å². The number of rotatable bonds is 4. The molecule has 5 rings (SSSR count). The van der Waals surface area contributed by atoms with E-state index in [1.807, 2.05) is 76.2 Å². The van der Waals surface area contributed by atoms with Gasteiger partial charge in [0.2, 0.25) is 0 Å². The predicted molar refractivity (Wildman–Crippen MR) is 127 cm³/mol. The Morgan fingerprint density at radius 2 is 1.00 bits per heavy atom. The van der Waals surface area contributed by atoms with E-state index in [0.29, 0.717) is 11.1 Å².